The summed E-state index contributed by atoms with van der Waals surface area (Å²) in [5.74, 6) is 0.644. The lowest BCUT2D eigenvalue weighted by atomic mass is 10.2. The van der Waals surface area contributed by atoms with Gasteiger partial charge in [0.1, 0.15) is 12.4 Å². The molecule has 2 aromatic carbocycles. The molecule has 1 N–H and O–H groups in total. The molecule has 0 aliphatic carbocycles. The zero-order valence-corrected chi connectivity index (χ0v) is 14.2. The summed E-state index contributed by atoms with van der Waals surface area (Å²) in [6, 6.07) is 11.2. The molecule has 24 heavy (non-hydrogen) atoms. The van der Waals surface area contributed by atoms with Crippen LogP contribution in [0.4, 0.5) is 5.69 Å². The maximum atomic E-state index is 12.2. The Balaban J connectivity index is 1.97. The van der Waals surface area contributed by atoms with E-state index in [9.17, 15) is 18.5 Å². The van der Waals surface area contributed by atoms with Crippen LogP contribution in [-0.2, 0) is 10.0 Å². The number of hydrogen-bond donors (Lipinski definition) is 1. The fourth-order valence-corrected chi connectivity index (χ4v) is 3.05. The van der Waals surface area contributed by atoms with Crippen LogP contribution in [0.3, 0.4) is 0 Å². The second-order valence-corrected chi connectivity index (χ2v) is 7.03. The van der Waals surface area contributed by atoms with Crippen LogP contribution in [0.1, 0.15) is 11.1 Å². The molecular weight excluding hydrogens is 332 g/mol. The second-order valence-electron chi connectivity index (χ2n) is 5.26. The first-order chi connectivity index (χ1) is 11.3. The van der Waals surface area contributed by atoms with Crippen LogP contribution in [0.15, 0.2) is 47.4 Å². The lowest BCUT2D eigenvalue weighted by Gasteiger charge is -2.09. The van der Waals surface area contributed by atoms with Crippen molar-refractivity contribution in [3.05, 3.63) is 63.7 Å². The normalized spacial score (nSPS) is 11.2. The second kappa shape index (κ2) is 7.41. The predicted octanol–water partition coefficient (Wildman–Crippen LogP) is 2.57. The standard InChI is InChI=1S/C16H18N2O5S/c1-12-3-6-14(7-4-12)23-10-9-17-24(21,22)15-8-5-13(2)16(11-15)18(19)20/h3-8,11,17H,9-10H2,1-2H3. The molecule has 0 atom stereocenters. The summed E-state index contributed by atoms with van der Waals surface area (Å²) in [4.78, 5) is 10.2. The Morgan fingerprint density at radius 2 is 1.79 bits per heavy atom. The van der Waals surface area contributed by atoms with Gasteiger partial charge in [-0.3, -0.25) is 10.1 Å². The molecule has 0 amide bonds. The van der Waals surface area contributed by atoms with E-state index in [0.717, 1.165) is 11.6 Å². The van der Waals surface area contributed by atoms with Crippen molar-refractivity contribution >= 4 is 15.7 Å². The van der Waals surface area contributed by atoms with Crippen LogP contribution < -0.4 is 9.46 Å². The highest BCUT2D eigenvalue weighted by Gasteiger charge is 2.19. The number of benzene rings is 2. The van der Waals surface area contributed by atoms with E-state index in [4.69, 9.17) is 4.74 Å². The Morgan fingerprint density at radius 3 is 2.42 bits per heavy atom. The van der Waals surface area contributed by atoms with Crippen LogP contribution >= 0.6 is 0 Å². The predicted molar refractivity (Wildman–Crippen MR) is 89.7 cm³/mol. The summed E-state index contributed by atoms with van der Waals surface area (Å²) in [5, 5.41) is 10.9. The van der Waals surface area contributed by atoms with Crippen molar-refractivity contribution in [2.24, 2.45) is 0 Å². The largest absolute Gasteiger partial charge is 0.492 e. The third-order valence-corrected chi connectivity index (χ3v) is 4.83. The molecule has 0 fully saturated rings. The molecule has 8 heteroatoms. The van der Waals surface area contributed by atoms with Crippen molar-refractivity contribution in [2.75, 3.05) is 13.2 Å². The van der Waals surface area contributed by atoms with Crippen molar-refractivity contribution in [1.29, 1.82) is 0 Å². The first kappa shape index (κ1) is 17.9. The lowest BCUT2D eigenvalue weighted by molar-refractivity contribution is -0.385. The average molecular weight is 350 g/mol. The minimum absolute atomic E-state index is 0.0535. The topological polar surface area (TPSA) is 98.5 Å². The fraction of sp³-hybridized carbons (Fsp3) is 0.250. The molecule has 2 rings (SSSR count). The summed E-state index contributed by atoms with van der Waals surface area (Å²) >= 11 is 0. The number of aryl methyl sites for hydroxylation is 2. The summed E-state index contributed by atoms with van der Waals surface area (Å²) in [6.45, 7) is 3.71. The van der Waals surface area contributed by atoms with E-state index in [-0.39, 0.29) is 23.7 Å². The van der Waals surface area contributed by atoms with Gasteiger partial charge in [0.15, 0.2) is 0 Å². The SMILES string of the molecule is Cc1ccc(OCCNS(=O)(=O)c2ccc(C)c([N+](=O)[O-])c2)cc1. The van der Waals surface area contributed by atoms with Crippen LogP contribution in [-0.4, -0.2) is 26.5 Å². The van der Waals surface area contributed by atoms with Crippen LogP contribution in [0, 0.1) is 24.0 Å². The highest BCUT2D eigenvalue weighted by atomic mass is 32.2. The van der Waals surface area contributed by atoms with Crippen LogP contribution in [0.2, 0.25) is 0 Å². The molecule has 0 unspecified atom stereocenters. The van der Waals surface area contributed by atoms with Gasteiger partial charge in [0.2, 0.25) is 10.0 Å². The molecule has 7 nitrogen and oxygen atoms in total. The third kappa shape index (κ3) is 4.53. The van der Waals surface area contributed by atoms with E-state index >= 15 is 0 Å². The maximum Gasteiger partial charge on any atom is 0.273 e. The molecule has 0 radical (unpaired) electrons. The van der Waals surface area contributed by atoms with Gasteiger partial charge in [-0.25, -0.2) is 13.1 Å². The molecule has 0 saturated carbocycles. The molecule has 0 spiro atoms. The number of nitro groups is 1. The third-order valence-electron chi connectivity index (χ3n) is 3.37. The number of nitrogens with one attached hydrogen (secondary N) is 1. The number of sulfonamides is 1. The smallest absolute Gasteiger partial charge is 0.273 e. The summed E-state index contributed by atoms with van der Waals surface area (Å²) < 4.78 is 32.2. The van der Waals surface area contributed by atoms with Crippen molar-refractivity contribution < 1.29 is 18.1 Å². The van der Waals surface area contributed by atoms with Crippen molar-refractivity contribution in [3.8, 4) is 5.75 Å². The van der Waals surface area contributed by atoms with E-state index in [2.05, 4.69) is 4.72 Å². The van der Waals surface area contributed by atoms with E-state index in [1.807, 2.05) is 19.1 Å². The average Bonchev–Trinajstić information content (AvgIpc) is 2.53. The Kier molecular flexibility index (Phi) is 5.53. The highest BCUT2D eigenvalue weighted by Crippen LogP contribution is 2.22. The molecular formula is C16H18N2O5S. The molecule has 0 saturated heterocycles. The quantitative estimate of drug-likeness (QED) is 0.470. The minimum atomic E-state index is -3.83. The van der Waals surface area contributed by atoms with Gasteiger partial charge in [-0.1, -0.05) is 23.8 Å². The lowest BCUT2D eigenvalue weighted by Crippen LogP contribution is -2.28. The van der Waals surface area contributed by atoms with Gasteiger partial charge in [-0.05, 0) is 32.0 Å². The van der Waals surface area contributed by atoms with Crippen molar-refractivity contribution in [3.63, 3.8) is 0 Å². The highest BCUT2D eigenvalue weighted by molar-refractivity contribution is 7.89. The Hall–Kier alpha value is -2.45. The van der Waals surface area contributed by atoms with Gasteiger partial charge in [0.05, 0.1) is 9.82 Å². The van der Waals surface area contributed by atoms with E-state index in [1.54, 1.807) is 19.1 Å². The van der Waals surface area contributed by atoms with Crippen LogP contribution in [0.5, 0.6) is 5.75 Å². The first-order valence-electron chi connectivity index (χ1n) is 7.24. The number of rotatable bonds is 7. The Morgan fingerprint density at radius 1 is 1.12 bits per heavy atom. The van der Waals surface area contributed by atoms with Gasteiger partial charge in [0.25, 0.3) is 5.69 Å². The number of hydrogen-bond acceptors (Lipinski definition) is 5. The van der Waals surface area contributed by atoms with Crippen LogP contribution in [0.25, 0.3) is 0 Å². The zero-order valence-electron chi connectivity index (χ0n) is 13.4. The van der Waals surface area contributed by atoms with Gasteiger partial charge >= 0.3 is 0 Å². The Labute approximate surface area is 140 Å². The van der Waals surface area contributed by atoms with E-state index in [0.29, 0.717) is 11.3 Å². The molecule has 0 aliphatic rings. The Bertz CT molecular complexity index is 832. The molecule has 0 bridgehead atoms. The molecule has 0 aliphatic heterocycles. The van der Waals surface area contributed by atoms with Crippen molar-refractivity contribution in [1.82, 2.24) is 4.72 Å². The zero-order chi connectivity index (χ0) is 17.7. The van der Waals surface area contributed by atoms with E-state index < -0.39 is 14.9 Å². The summed E-state index contributed by atoms with van der Waals surface area (Å²) in [7, 11) is -3.83. The summed E-state index contributed by atoms with van der Waals surface area (Å²) in [6.07, 6.45) is 0. The molecule has 0 aromatic heterocycles. The minimum Gasteiger partial charge on any atom is -0.492 e. The van der Waals surface area contributed by atoms with Crippen molar-refractivity contribution in [2.45, 2.75) is 18.7 Å². The number of nitro benzene ring substituents is 1. The van der Waals surface area contributed by atoms with E-state index in [1.165, 1.54) is 12.1 Å². The van der Waals surface area contributed by atoms with Gasteiger partial charge in [-0.15, -0.1) is 0 Å². The van der Waals surface area contributed by atoms with Gasteiger partial charge in [-0.2, -0.15) is 0 Å². The van der Waals surface area contributed by atoms with Gasteiger partial charge < -0.3 is 4.74 Å². The molecule has 2 aromatic rings. The first-order valence-corrected chi connectivity index (χ1v) is 8.72. The fourth-order valence-electron chi connectivity index (χ4n) is 2.02. The maximum absolute atomic E-state index is 12.2. The summed E-state index contributed by atoms with van der Waals surface area (Å²) in [5.41, 5.74) is 1.28. The molecule has 0 heterocycles. The molecule has 128 valence electrons. The monoisotopic (exact) mass is 350 g/mol. The van der Waals surface area contributed by atoms with Gasteiger partial charge in [0, 0.05) is 18.2 Å². The number of nitrogens with zero attached hydrogens (tertiary/aromatic N) is 1. The number of ether oxygens (including phenoxy) is 1.